The van der Waals surface area contributed by atoms with Crippen LogP contribution in [0.2, 0.25) is 5.02 Å². The van der Waals surface area contributed by atoms with Gasteiger partial charge in [-0.25, -0.2) is 0 Å². The largest absolute Gasteiger partial charge is 0.395 e. The van der Waals surface area contributed by atoms with Crippen LogP contribution in [0.3, 0.4) is 0 Å². The molecule has 0 aliphatic carbocycles. The molecule has 1 aliphatic rings. The summed E-state index contributed by atoms with van der Waals surface area (Å²) in [6.45, 7) is 6.82. The van der Waals surface area contributed by atoms with Gasteiger partial charge in [-0.2, -0.15) is 0 Å². The van der Waals surface area contributed by atoms with E-state index in [0.717, 1.165) is 38.4 Å². The number of rotatable bonds is 6. The smallest absolute Gasteiger partial charge is 0.254 e. The molecule has 1 fully saturated rings. The van der Waals surface area contributed by atoms with Gasteiger partial charge in [0.2, 0.25) is 0 Å². The Balaban J connectivity index is 2.00. The van der Waals surface area contributed by atoms with Gasteiger partial charge in [0.15, 0.2) is 0 Å². The van der Waals surface area contributed by atoms with Crippen molar-refractivity contribution in [3.05, 3.63) is 34.3 Å². The summed E-state index contributed by atoms with van der Waals surface area (Å²) >= 11 is 5.94. The molecule has 122 valence electrons. The summed E-state index contributed by atoms with van der Waals surface area (Å²) in [7, 11) is 0. The molecule has 6 heteroatoms. The van der Waals surface area contributed by atoms with Crippen LogP contribution in [0.15, 0.2) is 18.2 Å². The molecule has 1 aliphatic heterocycles. The highest BCUT2D eigenvalue weighted by molar-refractivity contribution is 6.30. The molecule has 1 aromatic carbocycles. The Morgan fingerprint density at radius 1 is 1.36 bits per heavy atom. The van der Waals surface area contributed by atoms with Crippen molar-refractivity contribution in [1.29, 1.82) is 0 Å². The first-order valence-corrected chi connectivity index (χ1v) is 7.96. The van der Waals surface area contributed by atoms with E-state index in [4.69, 9.17) is 16.3 Å². The fraction of sp³-hybridized carbons (Fsp3) is 0.562. The number of amides is 1. The average molecular weight is 327 g/mol. The van der Waals surface area contributed by atoms with Crippen LogP contribution in [0.5, 0.6) is 0 Å². The molecule has 0 saturated carbocycles. The lowest BCUT2D eigenvalue weighted by atomic mass is 10.1. The predicted octanol–water partition coefficient (Wildman–Crippen LogP) is 1.42. The lowest BCUT2D eigenvalue weighted by Gasteiger charge is -2.30. The van der Waals surface area contributed by atoms with Crippen molar-refractivity contribution in [2.24, 2.45) is 0 Å². The van der Waals surface area contributed by atoms with Crippen molar-refractivity contribution in [3.63, 3.8) is 0 Å². The zero-order valence-corrected chi connectivity index (χ0v) is 13.7. The van der Waals surface area contributed by atoms with Gasteiger partial charge in [0.1, 0.15) is 0 Å². The lowest BCUT2D eigenvalue weighted by molar-refractivity contribution is 0.0315. The van der Waals surface area contributed by atoms with Crippen molar-refractivity contribution < 1.29 is 14.6 Å². The van der Waals surface area contributed by atoms with Crippen LogP contribution in [-0.4, -0.2) is 73.4 Å². The van der Waals surface area contributed by atoms with Gasteiger partial charge in [-0.15, -0.1) is 0 Å². The fourth-order valence-corrected chi connectivity index (χ4v) is 2.79. The number of hydrogen-bond acceptors (Lipinski definition) is 4. The van der Waals surface area contributed by atoms with E-state index in [2.05, 4.69) is 4.90 Å². The Kier molecular flexibility index (Phi) is 6.64. The van der Waals surface area contributed by atoms with Crippen molar-refractivity contribution in [2.75, 3.05) is 52.5 Å². The van der Waals surface area contributed by atoms with E-state index in [1.54, 1.807) is 23.1 Å². The molecular weight excluding hydrogens is 304 g/mol. The number of benzene rings is 1. The summed E-state index contributed by atoms with van der Waals surface area (Å²) in [4.78, 5) is 16.6. The molecule has 22 heavy (non-hydrogen) atoms. The Morgan fingerprint density at radius 2 is 2.09 bits per heavy atom. The minimum absolute atomic E-state index is 0.0402. The molecule has 0 aromatic heterocycles. The third-order valence-corrected chi connectivity index (χ3v) is 4.10. The summed E-state index contributed by atoms with van der Waals surface area (Å²) in [5.41, 5.74) is 1.49. The molecule has 2 rings (SSSR count). The van der Waals surface area contributed by atoms with Gasteiger partial charge in [0, 0.05) is 43.3 Å². The second-order valence-corrected chi connectivity index (χ2v) is 5.87. The highest BCUT2D eigenvalue weighted by Crippen LogP contribution is 2.17. The van der Waals surface area contributed by atoms with E-state index in [0.29, 0.717) is 23.7 Å². The van der Waals surface area contributed by atoms with E-state index >= 15 is 0 Å². The number of nitrogens with zero attached hydrogens (tertiary/aromatic N) is 2. The van der Waals surface area contributed by atoms with E-state index in [1.807, 2.05) is 6.92 Å². The first-order valence-electron chi connectivity index (χ1n) is 7.58. The minimum atomic E-state index is -0.0588. The summed E-state index contributed by atoms with van der Waals surface area (Å²) < 4.78 is 5.32. The van der Waals surface area contributed by atoms with Crippen molar-refractivity contribution in [2.45, 2.75) is 6.92 Å². The van der Waals surface area contributed by atoms with E-state index in [9.17, 15) is 9.90 Å². The van der Waals surface area contributed by atoms with Crippen LogP contribution in [0.1, 0.15) is 15.9 Å². The Bertz CT molecular complexity index is 504. The molecule has 1 heterocycles. The molecule has 0 radical (unpaired) electrons. The minimum Gasteiger partial charge on any atom is -0.395 e. The van der Waals surface area contributed by atoms with Crippen LogP contribution in [0.25, 0.3) is 0 Å². The zero-order valence-electron chi connectivity index (χ0n) is 12.9. The quantitative estimate of drug-likeness (QED) is 0.859. The van der Waals surface area contributed by atoms with Crippen molar-refractivity contribution >= 4 is 17.5 Å². The maximum absolute atomic E-state index is 12.7. The topological polar surface area (TPSA) is 53.0 Å². The highest BCUT2D eigenvalue weighted by Gasteiger charge is 2.19. The Labute approximate surface area is 136 Å². The molecule has 0 bridgehead atoms. The molecular formula is C16H23ClN2O3. The van der Waals surface area contributed by atoms with Crippen LogP contribution in [0.4, 0.5) is 0 Å². The molecule has 0 unspecified atom stereocenters. The second-order valence-electron chi connectivity index (χ2n) is 5.43. The first-order chi connectivity index (χ1) is 10.6. The predicted molar refractivity (Wildman–Crippen MR) is 86.4 cm³/mol. The van der Waals surface area contributed by atoms with Gasteiger partial charge in [-0.05, 0) is 30.7 Å². The fourth-order valence-electron chi connectivity index (χ4n) is 2.56. The first kappa shape index (κ1) is 17.2. The lowest BCUT2D eigenvalue weighted by Crippen LogP contribution is -2.44. The second kappa shape index (κ2) is 8.48. The summed E-state index contributed by atoms with van der Waals surface area (Å²) in [6, 6.07) is 5.26. The Morgan fingerprint density at radius 3 is 2.73 bits per heavy atom. The Hall–Kier alpha value is -1.14. The number of carbonyl (C=O) groups is 1. The summed E-state index contributed by atoms with van der Waals surface area (Å²) in [5.74, 6) is -0.0588. The third kappa shape index (κ3) is 4.68. The maximum atomic E-state index is 12.7. The van der Waals surface area contributed by atoms with Gasteiger partial charge in [-0.3, -0.25) is 9.69 Å². The number of aliphatic hydroxyl groups excluding tert-OH is 1. The molecule has 1 saturated heterocycles. The molecule has 1 aromatic rings. The van der Waals surface area contributed by atoms with Crippen LogP contribution >= 0.6 is 11.6 Å². The SMILES string of the molecule is Cc1cc(Cl)ccc1C(=O)N(CCO)CCN1CCOCC1. The molecule has 1 N–H and O–H groups in total. The number of hydrogen-bond donors (Lipinski definition) is 1. The summed E-state index contributed by atoms with van der Waals surface area (Å²) in [5, 5.41) is 9.86. The normalized spacial score (nSPS) is 15.8. The zero-order chi connectivity index (χ0) is 15.9. The standard InChI is InChI=1S/C16H23ClN2O3/c1-13-12-14(17)2-3-15(13)16(21)19(6-9-20)5-4-18-7-10-22-11-8-18/h2-3,12,20H,4-11H2,1H3. The van der Waals surface area contributed by atoms with Gasteiger partial charge in [0.25, 0.3) is 5.91 Å². The number of morpholine rings is 1. The number of aliphatic hydroxyl groups is 1. The monoisotopic (exact) mass is 326 g/mol. The van der Waals surface area contributed by atoms with E-state index in [1.165, 1.54) is 0 Å². The summed E-state index contributed by atoms with van der Waals surface area (Å²) in [6.07, 6.45) is 0. The van der Waals surface area contributed by atoms with Gasteiger partial charge < -0.3 is 14.7 Å². The number of halogens is 1. The van der Waals surface area contributed by atoms with Gasteiger partial charge >= 0.3 is 0 Å². The third-order valence-electron chi connectivity index (χ3n) is 3.87. The number of aryl methyl sites for hydroxylation is 1. The number of ether oxygens (including phenoxy) is 1. The van der Waals surface area contributed by atoms with E-state index in [-0.39, 0.29) is 12.5 Å². The van der Waals surface area contributed by atoms with Gasteiger partial charge in [0.05, 0.1) is 19.8 Å². The molecule has 5 nitrogen and oxygen atoms in total. The van der Waals surface area contributed by atoms with Crippen molar-refractivity contribution in [1.82, 2.24) is 9.80 Å². The highest BCUT2D eigenvalue weighted by atomic mass is 35.5. The average Bonchev–Trinajstić information content (AvgIpc) is 2.52. The van der Waals surface area contributed by atoms with E-state index < -0.39 is 0 Å². The van der Waals surface area contributed by atoms with Gasteiger partial charge in [-0.1, -0.05) is 11.6 Å². The maximum Gasteiger partial charge on any atom is 0.254 e. The molecule has 1 amide bonds. The molecule has 0 spiro atoms. The van der Waals surface area contributed by atoms with Crippen LogP contribution in [-0.2, 0) is 4.74 Å². The molecule has 0 atom stereocenters. The number of carbonyl (C=O) groups excluding carboxylic acids is 1. The van der Waals surface area contributed by atoms with Crippen LogP contribution in [0, 0.1) is 6.92 Å². The van der Waals surface area contributed by atoms with Crippen molar-refractivity contribution in [3.8, 4) is 0 Å². The van der Waals surface area contributed by atoms with Crippen LogP contribution < -0.4 is 0 Å².